The molecule has 0 spiro atoms. The van der Waals surface area contributed by atoms with Crippen LogP contribution in [-0.4, -0.2) is 24.4 Å². The van der Waals surface area contributed by atoms with E-state index < -0.39 is 0 Å². The zero-order chi connectivity index (χ0) is 10.8. The molecule has 1 atom stereocenters. The molecule has 1 saturated heterocycles. The van der Waals surface area contributed by atoms with Crippen LogP contribution in [-0.2, 0) is 9.59 Å². The number of hydrogen-bond donors (Lipinski definition) is 2. The molecule has 1 rings (SSSR count). The van der Waals surface area contributed by atoms with Gasteiger partial charge < -0.3 is 10.6 Å². The van der Waals surface area contributed by atoms with Crippen LogP contribution in [0.5, 0.6) is 0 Å². The Morgan fingerprint density at radius 3 is 2.64 bits per heavy atom. The molecular formula is C10H18N2O2. The van der Waals surface area contributed by atoms with Crippen LogP contribution in [0.3, 0.4) is 0 Å². The summed E-state index contributed by atoms with van der Waals surface area (Å²) in [6.45, 7) is 6.67. The molecule has 0 aromatic carbocycles. The summed E-state index contributed by atoms with van der Waals surface area (Å²) in [5.41, 5.74) is -0.0286. The Morgan fingerprint density at radius 1 is 1.57 bits per heavy atom. The van der Waals surface area contributed by atoms with E-state index in [1.807, 2.05) is 20.8 Å². The Hall–Kier alpha value is -1.06. The molecule has 0 aromatic rings. The molecule has 0 aliphatic carbocycles. The fourth-order valence-corrected chi connectivity index (χ4v) is 1.46. The number of hydrogen-bond acceptors (Lipinski definition) is 2. The molecule has 0 aromatic heterocycles. The summed E-state index contributed by atoms with van der Waals surface area (Å²) in [6.07, 6.45) is 1.16. The number of carbonyl (C=O) groups excluding carboxylic acids is 2. The van der Waals surface area contributed by atoms with E-state index in [0.29, 0.717) is 19.4 Å². The second-order valence-corrected chi connectivity index (χ2v) is 4.94. The molecule has 0 saturated carbocycles. The standard InChI is InChI=1S/C10H18N2O2/c1-10(2,3)6-8(13)12-7-4-5-11-9(7)14/h7H,4-6H2,1-3H3,(H,11,14)(H,12,13)/t7-/m0/s1. The molecule has 0 bridgehead atoms. The fourth-order valence-electron chi connectivity index (χ4n) is 1.46. The van der Waals surface area contributed by atoms with Crippen LogP contribution < -0.4 is 10.6 Å². The third-order valence-corrected chi connectivity index (χ3v) is 2.07. The highest BCUT2D eigenvalue weighted by Gasteiger charge is 2.26. The van der Waals surface area contributed by atoms with Crippen LogP contribution in [0, 0.1) is 5.41 Å². The smallest absolute Gasteiger partial charge is 0.242 e. The lowest BCUT2D eigenvalue weighted by Crippen LogP contribution is -2.41. The SMILES string of the molecule is CC(C)(C)CC(=O)N[C@H]1CCNC1=O. The zero-order valence-corrected chi connectivity index (χ0v) is 9.02. The van der Waals surface area contributed by atoms with Crippen LogP contribution in [0.4, 0.5) is 0 Å². The van der Waals surface area contributed by atoms with E-state index in [-0.39, 0.29) is 23.3 Å². The summed E-state index contributed by atoms with van der Waals surface area (Å²) in [6, 6.07) is -0.315. The summed E-state index contributed by atoms with van der Waals surface area (Å²) in [5.74, 6) is -0.105. The van der Waals surface area contributed by atoms with E-state index in [9.17, 15) is 9.59 Å². The summed E-state index contributed by atoms with van der Waals surface area (Å²) >= 11 is 0. The van der Waals surface area contributed by atoms with Gasteiger partial charge in [0.25, 0.3) is 0 Å². The highest BCUT2D eigenvalue weighted by Crippen LogP contribution is 2.18. The highest BCUT2D eigenvalue weighted by atomic mass is 16.2. The Balaban J connectivity index is 2.37. The Bertz CT molecular complexity index is 243. The van der Waals surface area contributed by atoms with Crippen LogP contribution >= 0.6 is 0 Å². The second kappa shape index (κ2) is 3.98. The quantitative estimate of drug-likeness (QED) is 0.676. The van der Waals surface area contributed by atoms with Crippen molar-refractivity contribution in [1.29, 1.82) is 0 Å². The fraction of sp³-hybridized carbons (Fsp3) is 0.800. The third-order valence-electron chi connectivity index (χ3n) is 2.07. The monoisotopic (exact) mass is 198 g/mol. The maximum atomic E-state index is 11.5. The van der Waals surface area contributed by atoms with E-state index in [4.69, 9.17) is 0 Å². The Labute approximate surface area is 84.4 Å². The summed E-state index contributed by atoms with van der Waals surface area (Å²) in [4.78, 5) is 22.6. The first-order chi connectivity index (χ1) is 6.38. The predicted molar refractivity (Wildman–Crippen MR) is 53.6 cm³/mol. The molecule has 80 valence electrons. The highest BCUT2D eigenvalue weighted by molar-refractivity contribution is 5.89. The normalized spacial score (nSPS) is 21.9. The van der Waals surface area contributed by atoms with Crippen molar-refractivity contribution in [2.75, 3.05) is 6.54 Å². The van der Waals surface area contributed by atoms with Gasteiger partial charge in [0, 0.05) is 13.0 Å². The molecule has 1 fully saturated rings. The number of carbonyl (C=O) groups is 2. The van der Waals surface area contributed by atoms with Crippen molar-refractivity contribution < 1.29 is 9.59 Å². The van der Waals surface area contributed by atoms with Crippen LogP contribution in [0.25, 0.3) is 0 Å². The van der Waals surface area contributed by atoms with Gasteiger partial charge in [0.15, 0.2) is 0 Å². The number of nitrogens with one attached hydrogen (secondary N) is 2. The maximum Gasteiger partial charge on any atom is 0.242 e. The van der Waals surface area contributed by atoms with Gasteiger partial charge in [-0.05, 0) is 11.8 Å². The van der Waals surface area contributed by atoms with Gasteiger partial charge in [0.2, 0.25) is 11.8 Å². The van der Waals surface area contributed by atoms with Gasteiger partial charge >= 0.3 is 0 Å². The molecule has 2 amide bonds. The minimum atomic E-state index is -0.315. The number of amides is 2. The topological polar surface area (TPSA) is 58.2 Å². The van der Waals surface area contributed by atoms with Crippen molar-refractivity contribution >= 4 is 11.8 Å². The van der Waals surface area contributed by atoms with Gasteiger partial charge in [0.05, 0.1) is 0 Å². The van der Waals surface area contributed by atoms with Gasteiger partial charge in [-0.25, -0.2) is 0 Å². The largest absolute Gasteiger partial charge is 0.354 e. The lowest BCUT2D eigenvalue weighted by molar-refractivity contribution is -0.128. The molecular weight excluding hydrogens is 180 g/mol. The van der Waals surface area contributed by atoms with Gasteiger partial charge in [-0.1, -0.05) is 20.8 Å². The van der Waals surface area contributed by atoms with Crippen molar-refractivity contribution in [3.63, 3.8) is 0 Å². The van der Waals surface area contributed by atoms with Crippen molar-refractivity contribution in [1.82, 2.24) is 10.6 Å². The predicted octanol–water partition coefficient (Wildman–Crippen LogP) is 0.427. The molecule has 4 heteroatoms. The average molecular weight is 198 g/mol. The molecule has 4 nitrogen and oxygen atoms in total. The Kier molecular flexibility index (Phi) is 3.13. The summed E-state index contributed by atoms with van der Waals surface area (Å²) < 4.78 is 0. The molecule has 1 aliphatic rings. The van der Waals surface area contributed by atoms with E-state index in [2.05, 4.69) is 10.6 Å². The molecule has 2 N–H and O–H groups in total. The van der Waals surface area contributed by atoms with E-state index >= 15 is 0 Å². The van der Waals surface area contributed by atoms with Crippen LogP contribution in [0.1, 0.15) is 33.6 Å². The molecule has 14 heavy (non-hydrogen) atoms. The first-order valence-corrected chi connectivity index (χ1v) is 4.95. The van der Waals surface area contributed by atoms with E-state index in [1.165, 1.54) is 0 Å². The van der Waals surface area contributed by atoms with Gasteiger partial charge in [-0.15, -0.1) is 0 Å². The first kappa shape index (κ1) is 11.0. The molecule has 0 radical (unpaired) electrons. The summed E-state index contributed by atoms with van der Waals surface area (Å²) in [5, 5.41) is 5.42. The van der Waals surface area contributed by atoms with Crippen molar-refractivity contribution in [3.05, 3.63) is 0 Å². The van der Waals surface area contributed by atoms with E-state index in [1.54, 1.807) is 0 Å². The average Bonchev–Trinajstić information content (AvgIpc) is 2.32. The van der Waals surface area contributed by atoms with Gasteiger partial charge in [0.1, 0.15) is 6.04 Å². The third kappa shape index (κ3) is 3.36. The van der Waals surface area contributed by atoms with Crippen LogP contribution in [0.15, 0.2) is 0 Å². The van der Waals surface area contributed by atoms with Crippen LogP contribution in [0.2, 0.25) is 0 Å². The minimum absolute atomic E-state index is 0.0286. The Morgan fingerprint density at radius 2 is 2.21 bits per heavy atom. The maximum absolute atomic E-state index is 11.5. The zero-order valence-electron chi connectivity index (χ0n) is 9.02. The first-order valence-electron chi connectivity index (χ1n) is 4.95. The molecule has 1 heterocycles. The van der Waals surface area contributed by atoms with Crippen molar-refractivity contribution in [2.24, 2.45) is 5.41 Å². The lowest BCUT2D eigenvalue weighted by Gasteiger charge is -2.18. The van der Waals surface area contributed by atoms with E-state index in [0.717, 1.165) is 0 Å². The van der Waals surface area contributed by atoms with Gasteiger partial charge in [-0.2, -0.15) is 0 Å². The minimum Gasteiger partial charge on any atom is -0.354 e. The number of rotatable bonds is 2. The molecule has 0 unspecified atom stereocenters. The molecule has 1 aliphatic heterocycles. The van der Waals surface area contributed by atoms with Crippen molar-refractivity contribution in [3.8, 4) is 0 Å². The summed E-state index contributed by atoms with van der Waals surface area (Å²) in [7, 11) is 0. The lowest BCUT2D eigenvalue weighted by atomic mass is 9.92. The van der Waals surface area contributed by atoms with Gasteiger partial charge in [-0.3, -0.25) is 9.59 Å². The second-order valence-electron chi connectivity index (χ2n) is 4.94. The van der Waals surface area contributed by atoms with Crippen molar-refractivity contribution in [2.45, 2.75) is 39.7 Å².